The highest BCUT2D eigenvalue weighted by molar-refractivity contribution is 7.86. The number of carbonyl (C=O) groups is 1. The van der Waals surface area contributed by atoms with Crippen molar-refractivity contribution >= 4 is 22.4 Å². The van der Waals surface area contributed by atoms with E-state index < -0.39 is 10.8 Å². The summed E-state index contributed by atoms with van der Waals surface area (Å²) in [6, 6.07) is 1.61. The predicted molar refractivity (Wildman–Crippen MR) is 75.0 cm³/mol. The molecule has 1 atom stereocenters. The van der Waals surface area contributed by atoms with Crippen LogP contribution in [0.15, 0.2) is 23.4 Å². The van der Waals surface area contributed by atoms with E-state index >= 15 is 0 Å². The van der Waals surface area contributed by atoms with Crippen molar-refractivity contribution in [3.8, 4) is 0 Å². The molecular weight excluding hydrogens is 262 g/mol. The Hall–Kier alpha value is -1.43. The van der Waals surface area contributed by atoms with Crippen molar-refractivity contribution in [1.29, 1.82) is 0 Å². The Morgan fingerprint density at radius 3 is 2.63 bits per heavy atom. The Balaban J connectivity index is 1.98. The fourth-order valence-electron chi connectivity index (χ4n) is 2.20. The molecule has 2 N–H and O–H groups in total. The fourth-order valence-corrected chi connectivity index (χ4v) is 3.29. The van der Waals surface area contributed by atoms with Gasteiger partial charge < -0.3 is 10.6 Å². The SMILES string of the molecule is Nc1cnccc1S(=O)CC(=O)N1CCCCCC1. The monoisotopic (exact) mass is 281 g/mol. The third-order valence-electron chi connectivity index (χ3n) is 3.27. The van der Waals surface area contributed by atoms with Gasteiger partial charge in [0.25, 0.3) is 0 Å². The van der Waals surface area contributed by atoms with Crippen LogP contribution in [0.4, 0.5) is 5.69 Å². The van der Waals surface area contributed by atoms with E-state index in [0.29, 0.717) is 10.6 Å². The average Bonchev–Trinajstić information content (AvgIpc) is 2.68. The van der Waals surface area contributed by atoms with Crippen LogP contribution >= 0.6 is 0 Å². The summed E-state index contributed by atoms with van der Waals surface area (Å²) >= 11 is 0. The number of aromatic nitrogens is 1. The van der Waals surface area contributed by atoms with Crippen LogP contribution in [0.5, 0.6) is 0 Å². The molecule has 2 heterocycles. The summed E-state index contributed by atoms with van der Waals surface area (Å²) in [5, 5.41) is 0. The molecule has 1 aromatic rings. The maximum Gasteiger partial charge on any atom is 0.235 e. The van der Waals surface area contributed by atoms with E-state index in [9.17, 15) is 9.00 Å². The minimum Gasteiger partial charge on any atom is -0.396 e. The largest absolute Gasteiger partial charge is 0.396 e. The molecule has 0 bridgehead atoms. The number of nitrogen functional groups attached to an aromatic ring is 1. The molecule has 0 aliphatic carbocycles. The Morgan fingerprint density at radius 1 is 1.32 bits per heavy atom. The molecule has 1 aliphatic rings. The van der Waals surface area contributed by atoms with Crippen LogP contribution < -0.4 is 5.73 Å². The number of hydrogen-bond acceptors (Lipinski definition) is 4. The van der Waals surface area contributed by atoms with E-state index in [1.807, 2.05) is 4.90 Å². The van der Waals surface area contributed by atoms with Gasteiger partial charge >= 0.3 is 0 Å². The highest BCUT2D eigenvalue weighted by atomic mass is 32.2. The Labute approximate surface area is 115 Å². The molecule has 1 saturated heterocycles. The molecule has 0 radical (unpaired) electrons. The van der Waals surface area contributed by atoms with Crippen LogP contribution in [-0.2, 0) is 15.6 Å². The van der Waals surface area contributed by atoms with Gasteiger partial charge in [0.1, 0.15) is 5.75 Å². The van der Waals surface area contributed by atoms with Crippen LogP contribution in [0.2, 0.25) is 0 Å². The molecule has 1 amide bonds. The van der Waals surface area contributed by atoms with E-state index in [4.69, 9.17) is 5.73 Å². The standard InChI is InChI=1S/C13H19N3O2S/c14-11-9-15-6-5-12(11)19(18)10-13(17)16-7-3-1-2-4-8-16/h5-6,9H,1-4,7-8,10,14H2. The van der Waals surface area contributed by atoms with Gasteiger partial charge in [0, 0.05) is 19.3 Å². The molecule has 6 heteroatoms. The van der Waals surface area contributed by atoms with E-state index in [-0.39, 0.29) is 11.7 Å². The molecule has 0 saturated carbocycles. The first-order chi connectivity index (χ1) is 9.18. The molecule has 5 nitrogen and oxygen atoms in total. The van der Waals surface area contributed by atoms with Crippen molar-refractivity contribution in [2.75, 3.05) is 24.6 Å². The molecule has 104 valence electrons. The summed E-state index contributed by atoms with van der Waals surface area (Å²) in [7, 11) is -1.39. The van der Waals surface area contributed by atoms with Gasteiger partial charge in [-0.25, -0.2) is 0 Å². The minimum absolute atomic E-state index is 0.00815. The van der Waals surface area contributed by atoms with Gasteiger partial charge in [0.15, 0.2) is 0 Å². The van der Waals surface area contributed by atoms with Gasteiger partial charge in [-0.1, -0.05) is 12.8 Å². The van der Waals surface area contributed by atoms with E-state index in [0.717, 1.165) is 25.9 Å². The van der Waals surface area contributed by atoms with Gasteiger partial charge in [0.05, 0.1) is 27.6 Å². The second-order valence-electron chi connectivity index (χ2n) is 4.70. The number of hydrogen-bond donors (Lipinski definition) is 1. The number of carbonyl (C=O) groups excluding carboxylic acids is 1. The first-order valence-corrected chi connectivity index (χ1v) is 7.86. The van der Waals surface area contributed by atoms with Crippen molar-refractivity contribution in [2.24, 2.45) is 0 Å². The topological polar surface area (TPSA) is 76.3 Å². The Bertz CT molecular complexity index is 471. The third-order valence-corrected chi connectivity index (χ3v) is 4.64. The Morgan fingerprint density at radius 2 is 2.00 bits per heavy atom. The zero-order valence-corrected chi connectivity index (χ0v) is 11.7. The summed E-state index contributed by atoms with van der Waals surface area (Å²) < 4.78 is 12.2. The van der Waals surface area contributed by atoms with E-state index in [1.165, 1.54) is 19.0 Å². The summed E-state index contributed by atoms with van der Waals surface area (Å²) in [5.74, 6) is -0.0368. The normalized spacial score (nSPS) is 17.8. The maximum atomic E-state index is 12.2. The molecular formula is C13H19N3O2S. The van der Waals surface area contributed by atoms with Gasteiger partial charge in [-0.2, -0.15) is 0 Å². The summed E-state index contributed by atoms with van der Waals surface area (Å²) in [6.45, 7) is 1.56. The lowest BCUT2D eigenvalue weighted by Gasteiger charge is -2.20. The molecule has 1 aromatic heterocycles. The zero-order valence-electron chi connectivity index (χ0n) is 10.9. The van der Waals surface area contributed by atoms with Gasteiger partial charge in [-0.15, -0.1) is 0 Å². The van der Waals surface area contributed by atoms with Crippen molar-refractivity contribution in [3.63, 3.8) is 0 Å². The number of nitrogens with two attached hydrogens (primary N) is 1. The number of nitrogens with zero attached hydrogens (tertiary/aromatic N) is 2. The summed E-state index contributed by atoms with van der Waals surface area (Å²) in [5.41, 5.74) is 6.10. The molecule has 2 rings (SSSR count). The van der Waals surface area contributed by atoms with E-state index in [2.05, 4.69) is 4.98 Å². The summed E-state index contributed by atoms with van der Waals surface area (Å²) in [4.78, 5) is 18.3. The van der Waals surface area contributed by atoms with Crippen molar-refractivity contribution in [3.05, 3.63) is 18.5 Å². The second-order valence-corrected chi connectivity index (χ2v) is 6.12. The van der Waals surface area contributed by atoms with Crippen LogP contribution in [0.25, 0.3) is 0 Å². The quantitative estimate of drug-likeness (QED) is 0.902. The molecule has 0 spiro atoms. The number of likely N-dealkylation sites (tertiary alicyclic amines) is 1. The van der Waals surface area contributed by atoms with Gasteiger partial charge in [-0.3, -0.25) is 14.0 Å². The number of rotatable bonds is 3. The first kappa shape index (κ1) is 14.0. The first-order valence-electron chi connectivity index (χ1n) is 6.54. The average molecular weight is 281 g/mol. The van der Waals surface area contributed by atoms with Crippen molar-refractivity contribution in [1.82, 2.24) is 9.88 Å². The molecule has 0 aromatic carbocycles. The van der Waals surface area contributed by atoms with Crippen LogP contribution in [0.3, 0.4) is 0 Å². The van der Waals surface area contributed by atoms with Crippen molar-refractivity contribution in [2.45, 2.75) is 30.6 Å². The lowest BCUT2D eigenvalue weighted by Crippen LogP contribution is -2.35. The molecule has 1 aliphatic heterocycles. The van der Waals surface area contributed by atoms with E-state index in [1.54, 1.807) is 12.3 Å². The zero-order chi connectivity index (χ0) is 13.7. The second kappa shape index (κ2) is 6.65. The number of anilines is 1. The maximum absolute atomic E-state index is 12.2. The smallest absolute Gasteiger partial charge is 0.235 e. The fraction of sp³-hybridized carbons (Fsp3) is 0.538. The number of pyridine rings is 1. The van der Waals surface area contributed by atoms with Crippen LogP contribution in [0, 0.1) is 0 Å². The van der Waals surface area contributed by atoms with Gasteiger partial charge in [-0.05, 0) is 18.9 Å². The van der Waals surface area contributed by atoms with Gasteiger partial charge in [0.2, 0.25) is 5.91 Å². The third kappa shape index (κ3) is 3.76. The van der Waals surface area contributed by atoms with Crippen LogP contribution in [-0.4, -0.2) is 38.8 Å². The van der Waals surface area contributed by atoms with Crippen LogP contribution in [0.1, 0.15) is 25.7 Å². The number of amides is 1. The lowest BCUT2D eigenvalue weighted by atomic mass is 10.2. The molecule has 1 fully saturated rings. The lowest BCUT2D eigenvalue weighted by molar-refractivity contribution is -0.128. The summed E-state index contributed by atoms with van der Waals surface area (Å²) in [6.07, 6.45) is 7.42. The molecule has 19 heavy (non-hydrogen) atoms. The minimum atomic E-state index is -1.39. The predicted octanol–water partition coefficient (Wildman–Crippen LogP) is 1.17. The highest BCUT2D eigenvalue weighted by Gasteiger charge is 2.19. The van der Waals surface area contributed by atoms with Crippen molar-refractivity contribution < 1.29 is 9.00 Å². The highest BCUT2D eigenvalue weighted by Crippen LogP contribution is 2.15. The molecule has 1 unspecified atom stereocenters. The Kier molecular flexibility index (Phi) is 4.90.